The minimum absolute atomic E-state index is 0.0175. The van der Waals surface area contributed by atoms with Gasteiger partial charge in [-0.05, 0) is 43.5 Å². The van der Waals surface area contributed by atoms with Crippen LogP contribution < -0.4 is 9.47 Å². The van der Waals surface area contributed by atoms with Crippen molar-refractivity contribution in [3.05, 3.63) is 24.3 Å². The summed E-state index contributed by atoms with van der Waals surface area (Å²) in [6.45, 7) is 4.99. The summed E-state index contributed by atoms with van der Waals surface area (Å²) in [5.41, 5.74) is 0. The van der Waals surface area contributed by atoms with Crippen LogP contribution in [-0.2, 0) is 9.59 Å². The third kappa shape index (κ3) is 6.65. The topological polar surface area (TPSA) is 59.1 Å². The Balaban J connectivity index is 1.34. The number of nitrogens with zero attached hydrogens (tertiary/aromatic N) is 2. The van der Waals surface area contributed by atoms with Crippen molar-refractivity contribution >= 4 is 11.8 Å². The molecule has 1 aromatic rings. The molecule has 2 aliphatic rings. The molecule has 0 radical (unpaired) electrons. The monoisotopic (exact) mass is 402 g/mol. The molecule has 0 spiro atoms. The smallest absolute Gasteiger partial charge is 0.260 e. The van der Waals surface area contributed by atoms with Crippen LogP contribution in [0, 0.1) is 5.92 Å². The van der Waals surface area contributed by atoms with Gasteiger partial charge in [0.25, 0.3) is 5.91 Å². The lowest BCUT2D eigenvalue weighted by molar-refractivity contribution is -0.140. The van der Waals surface area contributed by atoms with Gasteiger partial charge in [0, 0.05) is 32.6 Å². The number of hydrogen-bond acceptors (Lipinski definition) is 4. The van der Waals surface area contributed by atoms with Gasteiger partial charge in [-0.15, -0.1) is 0 Å². The van der Waals surface area contributed by atoms with Crippen LogP contribution in [0.5, 0.6) is 11.5 Å². The van der Waals surface area contributed by atoms with E-state index in [1.54, 1.807) is 17.0 Å². The molecule has 0 unspecified atom stereocenters. The van der Waals surface area contributed by atoms with Gasteiger partial charge in [0.2, 0.25) is 5.91 Å². The Kier molecular flexibility index (Phi) is 8.20. The second kappa shape index (κ2) is 11.1. The summed E-state index contributed by atoms with van der Waals surface area (Å²) in [5.74, 6) is 2.38. The van der Waals surface area contributed by atoms with Gasteiger partial charge in [-0.1, -0.05) is 32.1 Å². The number of amides is 2. The van der Waals surface area contributed by atoms with Crippen LogP contribution in [-0.4, -0.2) is 61.0 Å². The molecule has 160 valence electrons. The molecule has 1 aliphatic heterocycles. The molecule has 0 N–H and O–H groups in total. The molecular weight excluding hydrogens is 368 g/mol. The molecule has 0 aromatic heterocycles. The Hall–Kier alpha value is -2.24. The van der Waals surface area contributed by atoms with Crippen LogP contribution in [0.4, 0.5) is 0 Å². The summed E-state index contributed by atoms with van der Waals surface area (Å²) in [6, 6.07) is 7.28. The molecule has 1 saturated carbocycles. The summed E-state index contributed by atoms with van der Waals surface area (Å²) in [5, 5.41) is 0. The molecule has 2 amide bonds. The summed E-state index contributed by atoms with van der Waals surface area (Å²) in [6.07, 6.45) is 8.22. The van der Waals surface area contributed by atoms with Gasteiger partial charge in [0.05, 0.1) is 6.61 Å². The molecule has 6 nitrogen and oxygen atoms in total. The molecule has 2 fully saturated rings. The predicted molar refractivity (Wildman–Crippen MR) is 112 cm³/mol. The molecule has 1 aromatic carbocycles. The summed E-state index contributed by atoms with van der Waals surface area (Å²) in [7, 11) is 0. The van der Waals surface area contributed by atoms with Gasteiger partial charge in [0.15, 0.2) is 6.61 Å². The lowest BCUT2D eigenvalue weighted by atomic mass is 9.86. The fraction of sp³-hybridized carbons (Fsp3) is 0.652. The van der Waals surface area contributed by atoms with E-state index in [4.69, 9.17) is 9.47 Å². The van der Waals surface area contributed by atoms with Crippen molar-refractivity contribution in [1.82, 2.24) is 9.80 Å². The van der Waals surface area contributed by atoms with E-state index in [9.17, 15) is 9.59 Å². The van der Waals surface area contributed by atoms with Gasteiger partial charge in [-0.3, -0.25) is 9.59 Å². The van der Waals surface area contributed by atoms with Crippen LogP contribution in [0.2, 0.25) is 0 Å². The van der Waals surface area contributed by atoms with Crippen LogP contribution in [0.1, 0.15) is 51.9 Å². The Morgan fingerprint density at radius 3 is 2.00 bits per heavy atom. The predicted octanol–water partition coefficient (Wildman–Crippen LogP) is 3.50. The van der Waals surface area contributed by atoms with Crippen molar-refractivity contribution in [3.63, 3.8) is 0 Å². The van der Waals surface area contributed by atoms with Crippen molar-refractivity contribution < 1.29 is 19.1 Å². The molecule has 0 bridgehead atoms. The lowest BCUT2D eigenvalue weighted by Crippen LogP contribution is -2.51. The van der Waals surface area contributed by atoms with E-state index in [0.717, 1.165) is 18.1 Å². The third-order valence-electron chi connectivity index (χ3n) is 5.97. The third-order valence-corrected chi connectivity index (χ3v) is 5.97. The Labute approximate surface area is 174 Å². The van der Waals surface area contributed by atoms with E-state index in [-0.39, 0.29) is 18.4 Å². The number of piperazine rings is 1. The highest BCUT2D eigenvalue weighted by atomic mass is 16.5. The molecule has 1 heterocycles. The second-order valence-electron chi connectivity index (χ2n) is 8.00. The van der Waals surface area contributed by atoms with E-state index >= 15 is 0 Å². The van der Waals surface area contributed by atoms with Crippen molar-refractivity contribution in [2.45, 2.75) is 51.9 Å². The number of carbonyl (C=O) groups excluding carboxylic acids is 2. The summed E-state index contributed by atoms with van der Waals surface area (Å²) < 4.78 is 11.0. The fourth-order valence-corrected chi connectivity index (χ4v) is 4.20. The van der Waals surface area contributed by atoms with Crippen LogP contribution in [0.25, 0.3) is 0 Å². The molecular formula is C23H34N2O4. The molecule has 29 heavy (non-hydrogen) atoms. The van der Waals surface area contributed by atoms with Crippen LogP contribution >= 0.6 is 0 Å². The number of rotatable bonds is 8. The van der Waals surface area contributed by atoms with Crippen molar-refractivity contribution in [3.8, 4) is 11.5 Å². The zero-order valence-corrected chi connectivity index (χ0v) is 17.6. The van der Waals surface area contributed by atoms with E-state index in [1.165, 1.54) is 32.1 Å². The first-order chi connectivity index (χ1) is 14.2. The normalized spacial score (nSPS) is 17.8. The maximum absolute atomic E-state index is 12.5. The largest absolute Gasteiger partial charge is 0.494 e. The van der Waals surface area contributed by atoms with Crippen LogP contribution in [0.3, 0.4) is 0 Å². The van der Waals surface area contributed by atoms with E-state index in [2.05, 4.69) is 0 Å². The molecule has 1 aliphatic carbocycles. The molecule has 1 saturated heterocycles. The second-order valence-corrected chi connectivity index (χ2v) is 8.00. The van der Waals surface area contributed by atoms with Gasteiger partial charge in [0.1, 0.15) is 11.5 Å². The summed E-state index contributed by atoms with van der Waals surface area (Å²) >= 11 is 0. The van der Waals surface area contributed by atoms with Crippen molar-refractivity contribution in [1.29, 1.82) is 0 Å². The summed E-state index contributed by atoms with van der Waals surface area (Å²) in [4.78, 5) is 28.6. The highest BCUT2D eigenvalue weighted by Crippen LogP contribution is 2.27. The zero-order chi connectivity index (χ0) is 20.5. The Morgan fingerprint density at radius 2 is 1.41 bits per heavy atom. The average Bonchev–Trinajstić information content (AvgIpc) is 2.78. The Morgan fingerprint density at radius 1 is 0.862 bits per heavy atom. The zero-order valence-electron chi connectivity index (χ0n) is 17.6. The molecule has 0 atom stereocenters. The van der Waals surface area contributed by atoms with Gasteiger partial charge in [-0.25, -0.2) is 0 Å². The van der Waals surface area contributed by atoms with Crippen LogP contribution in [0.15, 0.2) is 24.3 Å². The van der Waals surface area contributed by atoms with Crippen molar-refractivity contribution in [2.75, 3.05) is 39.4 Å². The SMILES string of the molecule is CCOc1ccc(OCC(=O)N2CCN(C(=O)CCC3CCCCC3)CC2)cc1. The highest BCUT2D eigenvalue weighted by Gasteiger charge is 2.25. The van der Waals surface area contributed by atoms with Gasteiger partial charge < -0.3 is 19.3 Å². The highest BCUT2D eigenvalue weighted by molar-refractivity contribution is 5.79. The fourth-order valence-electron chi connectivity index (χ4n) is 4.20. The maximum atomic E-state index is 12.5. The lowest BCUT2D eigenvalue weighted by Gasteiger charge is -2.35. The van der Waals surface area contributed by atoms with E-state index < -0.39 is 0 Å². The molecule has 3 rings (SSSR count). The average molecular weight is 403 g/mol. The molecule has 6 heteroatoms. The van der Waals surface area contributed by atoms with Gasteiger partial charge in [-0.2, -0.15) is 0 Å². The minimum Gasteiger partial charge on any atom is -0.494 e. The first-order valence-electron chi connectivity index (χ1n) is 11.1. The Bertz CT molecular complexity index is 647. The maximum Gasteiger partial charge on any atom is 0.260 e. The standard InChI is InChI=1S/C23H34N2O4/c1-2-28-20-9-11-21(12-10-20)29-18-23(27)25-16-14-24(15-17-25)22(26)13-8-19-6-4-3-5-7-19/h9-12,19H,2-8,13-18H2,1H3. The van der Waals surface area contributed by atoms with E-state index in [1.807, 2.05) is 24.0 Å². The van der Waals surface area contributed by atoms with Crippen molar-refractivity contribution in [2.24, 2.45) is 5.92 Å². The quantitative estimate of drug-likeness (QED) is 0.668. The number of carbonyl (C=O) groups is 2. The minimum atomic E-state index is -0.0341. The first kappa shape index (κ1) is 21.5. The number of hydrogen-bond donors (Lipinski definition) is 0. The number of benzene rings is 1. The van der Waals surface area contributed by atoms with Gasteiger partial charge >= 0.3 is 0 Å². The first-order valence-corrected chi connectivity index (χ1v) is 11.1. The number of ether oxygens (including phenoxy) is 2. The van der Waals surface area contributed by atoms with E-state index in [0.29, 0.717) is 45.0 Å².